The third-order valence-corrected chi connectivity index (χ3v) is 7.55. The molecular formula is C29H39F2N5O2. The van der Waals surface area contributed by atoms with Crippen molar-refractivity contribution in [2.75, 3.05) is 13.7 Å². The fraction of sp³-hybridized carbons (Fsp3) is 0.517. The maximum atomic E-state index is 13.8. The molecule has 2 aromatic carbocycles. The Morgan fingerprint density at radius 1 is 1.08 bits per heavy atom. The number of ether oxygens (including phenoxy) is 1. The number of hydrazine groups is 1. The third kappa shape index (κ3) is 7.15. The zero-order valence-corrected chi connectivity index (χ0v) is 22.2. The molecule has 0 bridgehead atoms. The molecule has 0 spiro atoms. The first-order chi connectivity index (χ1) is 18.4. The van der Waals surface area contributed by atoms with E-state index in [-0.39, 0.29) is 29.5 Å². The van der Waals surface area contributed by atoms with Crippen LogP contribution in [0.25, 0.3) is 0 Å². The molecule has 1 amide bonds. The Morgan fingerprint density at radius 3 is 2.47 bits per heavy atom. The van der Waals surface area contributed by atoms with Gasteiger partial charge in [-0.2, -0.15) is 4.99 Å². The summed E-state index contributed by atoms with van der Waals surface area (Å²) in [5, 5.41) is 6.56. The number of methoxy groups -OCH3 is 1. The molecule has 9 heteroatoms. The molecule has 1 saturated heterocycles. The second-order valence-corrected chi connectivity index (χ2v) is 10.5. The highest BCUT2D eigenvalue weighted by Gasteiger charge is 2.46. The summed E-state index contributed by atoms with van der Waals surface area (Å²) in [5.41, 5.74) is 7.75. The summed E-state index contributed by atoms with van der Waals surface area (Å²) in [6, 6.07) is 12.1. The lowest BCUT2D eigenvalue weighted by Gasteiger charge is -2.39. The Balaban J connectivity index is 1.58. The molecule has 1 aliphatic heterocycles. The Kier molecular flexibility index (Phi) is 9.82. The molecule has 3 atom stereocenters. The van der Waals surface area contributed by atoms with Gasteiger partial charge in [0, 0.05) is 25.1 Å². The number of rotatable bonds is 7. The summed E-state index contributed by atoms with van der Waals surface area (Å²) in [7, 11) is 1.61. The monoisotopic (exact) mass is 527 g/mol. The van der Waals surface area contributed by atoms with Crippen LogP contribution < -0.4 is 21.5 Å². The number of carbonyl (C=O) groups excluding carboxylic acids is 1. The summed E-state index contributed by atoms with van der Waals surface area (Å²) in [4.78, 5) is 17.1. The quantitative estimate of drug-likeness (QED) is 0.307. The topological polar surface area (TPSA) is 86.8 Å². The largest absolute Gasteiger partial charge is 0.383 e. The van der Waals surface area contributed by atoms with E-state index in [1.54, 1.807) is 7.11 Å². The van der Waals surface area contributed by atoms with E-state index in [9.17, 15) is 13.6 Å². The van der Waals surface area contributed by atoms with Crippen molar-refractivity contribution in [2.24, 2.45) is 10.9 Å². The van der Waals surface area contributed by atoms with Gasteiger partial charge in [-0.25, -0.2) is 19.6 Å². The summed E-state index contributed by atoms with van der Waals surface area (Å²) < 4.78 is 32.8. The average Bonchev–Trinajstić information content (AvgIpc) is 3.28. The minimum absolute atomic E-state index is 0.131. The van der Waals surface area contributed by atoms with E-state index in [1.165, 1.54) is 55.7 Å². The van der Waals surface area contributed by atoms with Crippen LogP contribution in [0.4, 0.5) is 8.78 Å². The van der Waals surface area contributed by atoms with E-state index in [4.69, 9.17) is 4.74 Å². The first kappa shape index (κ1) is 28.1. The standard InChI is InChI=1S/C29H39F2N5O2/c1-20(19-38-2)32-28(34-27(37)21-9-8-12-25(31)17-21)33-26-18-29(36-35-26,23-13-15-24(30)16-14-23)22-10-6-4-3-5-7-11-22/h8-9,12-17,20,22,26,35-36H,3-7,10-11,18-19H2,1-2H3,(H2,32,33,34,37)/t20-,26?,29?/m0/s1. The highest BCUT2D eigenvalue weighted by atomic mass is 19.1. The van der Waals surface area contributed by atoms with E-state index >= 15 is 0 Å². The number of nitrogens with one attached hydrogen (secondary N) is 4. The fourth-order valence-electron chi connectivity index (χ4n) is 5.70. The van der Waals surface area contributed by atoms with E-state index in [0.717, 1.165) is 31.2 Å². The van der Waals surface area contributed by atoms with E-state index in [0.29, 0.717) is 18.9 Å². The normalized spacial score (nSPS) is 23.9. The zero-order valence-electron chi connectivity index (χ0n) is 22.2. The fourth-order valence-corrected chi connectivity index (χ4v) is 5.70. The molecule has 1 heterocycles. The molecule has 7 nitrogen and oxygen atoms in total. The predicted molar refractivity (Wildman–Crippen MR) is 144 cm³/mol. The van der Waals surface area contributed by atoms with Gasteiger partial charge in [-0.1, -0.05) is 50.3 Å². The highest BCUT2D eigenvalue weighted by Crippen LogP contribution is 2.42. The number of carbonyl (C=O) groups is 1. The van der Waals surface area contributed by atoms with Crippen molar-refractivity contribution in [3.8, 4) is 0 Å². The summed E-state index contributed by atoms with van der Waals surface area (Å²) in [6.45, 7) is 2.33. The van der Waals surface area contributed by atoms with Crippen LogP contribution in [0.1, 0.15) is 74.2 Å². The second kappa shape index (κ2) is 13.3. The molecular weight excluding hydrogens is 488 g/mol. The molecule has 1 saturated carbocycles. The number of hydrogen-bond donors (Lipinski definition) is 4. The van der Waals surface area contributed by atoms with Gasteiger partial charge in [0.15, 0.2) is 0 Å². The van der Waals surface area contributed by atoms with Crippen molar-refractivity contribution >= 4 is 11.9 Å². The number of benzene rings is 2. The van der Waals surface area contributed by atoms with Crippen LogP contribution >= 0.6 is 0 Å². The lowest BCUT2D eigenvalue weighted by molar-refractivity contribution is 0.100. The van der Waals surface area contributed by atoms with Crippen molar-refractivity contribution in [1.29, 1.82) is 0 Å². The van der Waals surface area contributed by atoms with Crippen LogP contribution in [0.2, 0.25) is 0 Å². The van der Waals surface area contributed by atoms with Gasteiger partial charge < -0.3 is 15.4 Å². The number of aliphatic imine (C=N–C) groups is 1. The van der Waals surface area contributed by atoms with Crippen molar-refractivity contribution in [3.63, 3.8) is 0 Å². The lowest BCUT2D eigenvalue weighted by Crippen LogP contribution is -2.52. The molecule has 2 unspecified atom stereocenters. The number of halogens is 2. The Labute approximate surface area is 223 Å². The average molecular weight is 528 g/mol. The van der Waals surface area contributed by atoms with Crippen LogP contribution in [-0.4, -0.2) is 37.8 Å². The first-order valence-electron chi connectivity index (χ1n) is 13.6. The van der Waals surface area contributed by atoms with Crippen LogP contribution in [-0.2, 0) is 10.3 Å². The Hall–Kier alpha value is -2.88. The molecule has 0 radical (unpaired) electrons. The molecule has 0 aromatic heterocycles. The molecule has 4 N–H and O–H groups in total. The van der Waals surface area contributed by atoms with E-state index in [2.05, 4.69) is 26.5 Å². The minimum Gasteiger partial charge on any atom is -0.383 e. The van der Waals surface area contributed by atoms with Gasteiger partial charge in [0.05, 0.1) is 18.3 Å². The van der Waals surface area contributed by atoms with Gasteiger partial charge in [-0.15, -0.1) is 0 Å². The summed E-state index contributed by atoms with van der Waals surface area (Å²) in [5.74, 6) is -0.673. The molecule has 38 heavy (non-hydrogen) atoms. The first-order valence-corrected chi connectivity index (χ1v) is 13.6. The van der Waals surface area contributed by atoms with Crippen molar-refractivity contribution < 1.29 is 18.3 Å². The van der Waals surface area contributed by atoms with Crippen molar-refractivity contribution in [2.45, 2.75) is 76.0 Å². The number of hydrogen-bond acceptors (Lipinski definition) is 4. The van der Waals surface area contributed by atoms with Crippen molar-refractivity contribution in [3.05, 3.63) is 71.3 Å². The third-order valence-electron chi connectivity index (χ3n) is 7.55. The Bertz CT molecular complexity index is 1090. The molecule has 2 fully saturated rings. The van der Waals surface area contributed by atoms with Crippen LogP contribution in [0, 0.1) is 17.6 Å². The van der Waals surface area contributed by atoms with Gasteiger partial charge in [0.1, 0.15) is 11.6 Å². The second-order valence-electron chi connectivity index (χ2n) is 10.5. The smallest absolute Gasteiger partial charge is 0.280 e. The van der Waals surface area contributed by atoms with E-state index < -0.39 is 17.3 Å². The van der Waals surface area contributed by atoms with Gasteiger partial charge in [-0.05, 0) is 61.6 Å². The molecule has 4 rings (SSSR count). The maximum Gasteiger partial charge on any atom is 0.280 e. The minimum atomic E-state index is -0.556. The molecule has 206 valence electrons. The van der Waals surface area contributed by atoms with Gasteiger partial charge in [-0.3, -0.25) is 4.79 Å². The van der Waals surface area contributed by atoms with E-state index in [1.807, 2.05) is 19.1 Å². The SMILES string of the molecule is COC[C@H](C)N/C(=N/C(=O)c1cccc(F)c1)NC1CC(c2ccc(F)cc2)(C2CCCCCCC2)NN1. The molecule has 2 aliphatic rings. The number of guanidine groups is 1. The summed E-state index contributed by atoms with van der Waals surface area (Å²) >= 11 is 0. The highest BCUT2D eigenvalue weighted by molar-refractivity contribution is 6.02. The molecule has 1 aliphatic carbocycles. The zero-order chi connectivity index (χ0) is 27.0. The van der Waals surface area contributed by atoms with Crippen LogP contribution in [0.3, 0.4) is 0 Å². The lowest BCUT2D eigenvalue weighted by atomic mass is 9.71. The predicted octanol–water partition coefficient (Wildman–Crippen LogP) is 4.76. The Morgan fingerprint density at radius 2 is 1.79 bits per heavy atom. The summed E-state index contributed by atoms with van der Waals surface area (Å²) in [6.07, 6.45) is 8.62. The number of amides is 1. The molecule has 2 aromatic rings. The van der Waals surface area contributed by atoms with Crippen LogP contribution in [0.5, 0.6) is 0 Å². The maximum absolute atomic E-state index is 13.8. The van der Waals surface area contributed by atoms with Gasteiger partial charge >= 0.3 is 0 Å². The van der Waals surface area contributed by atoms with Gasteiger partial charge in [0.2, 0.25) is 5.96 Å². The number of nitrogens with zero attached hydrogens (tertiary/aromatic N) is 1. The van der Waals surface area contributed by atoms with Gasteiger partial charge in [0.25, 0.3) is 5.91 Å². The van der Waals surface area contributed by atoms with Crippen LogP contribution in [0.15, 0.2) is 53.5 Å². The van der Waals surface area contributed by atoms with Crippen molar-refractivity contribution in [1.82, 2.24) is 21.5 Å².